The van der Waals surface area contributed by atoms with Gasteiger partial charge in [0.2, 0.25) is 5.95 Å². The molecule has 1 aliphatic rings. The second-order valence-electron chi connectivity index (χ2n) is 3.62. The Kier molecular flexibility index (Phi) is 1.42. The summed E-state index contributed by atoms with van der Waals surface area (Å²) in [6.45, 7) is 3.01. The van der Waals surface area contributed by atoms with E-state index in [1.54, 1.807) is 0 Å². The highest BCUT2D eigenvalue weighted by molar-refractivity contribution is 5.82. The molecular weight excluding hydrogens is 174 g/mol. The van der Waals surface area contributed by atoms with Crippen LogP contribution in [0.5, 0.6) is 0 Å². The fourth-order valence-electron chi connectivity index (χ4n) is 1.78. The summed E-state index contributed by atoms with van der Waals surface area (Å²) in [5.74, 6) is 0.941. The number of benzene rings is 1. The SMILES string of the molecule is CC1=Cn2c(nc3ccccc32)NC1. The quantitative estimate of drug-likeness (QED) is 0.682. The topological polar surface area (TPSA) is 29.9 Å². The van der Waals surface area contributed by atoms with E-state index in [1.807, 2.05) is 18.2 Å². The summed E-state index contributed by atoms with van der Waals surface area (Å²) in [6.07, 6.45) is 2.14. The maximum atomic E-state index is 4.49. The highest BCUT2D eigenvalue weighted by Gasteiger charge is 2.11. The van der Waals surface area contributed by atoms with Crippen molar-refractivity contribution in [1.82, 2.24) is 9.55 Å². The van der Waals surface area contributed by atoms with Crippen molar-refractivity contribution in [2.75, 3.05) is 11.9 Å². The zero-order valence-corrected chi connectivity index (χ0v) is 7.99. The second-order valence-corrected chi connectivity index (χ2v) is 3.62. The number of hydrogen-bond acceptors (Lipinski definition) is 2. The second kappa shape index (κ2) is 2.61. The Labute approximate surface area is 82.1 Å². The predicted octanol–water partition coefficient (Wildman–Crippen LogP) is 2.32. The first-order valence-corrected chi connectivity index (χ1v) is 4.73. The maximum Gasteiger partial charge on any atom is 0.208 e. The molecule has 1 aromatic heterocycles. The molecule has 70 valence electrons. The molecule has 0 radical (unpaired) electrons. The number of nitrogens with zero attached hydrogens (tertiary/aromatic N) is 2. The van der Waals surface area contributed by atoms with E-state index in [4.69, 9.17) is 0 Å². The lowest BCUT2D eigenvalue weighted by Crippen LogP contribution is -2.12. The van der Waals surface area contributed by atoms with E-state index in [0.717, 1.165) is 23.5 Å². The molecule has 2 aromatic rings. The van der Waals surface area contributed by atoms with Gasteiger partial charge in [0.1, 0.15) is 0 Å². The third kappa shape index (κ3) is 0.954. The molecule has 0 unspecified atom stereocenters. The smallest absolute Gasteiger partial charge is 0.208 e. The minimum atomic E-state index is 0.892. The normalized spacial score (nSPS) is 14.8. The molecule has 0 fully saturated rings. The van der Waals surface area contributed by atoms with Gasteiger partial charge in [-0.25, -0.2) is 4.98 Å². The largest absolute Gasteiger partial charge is 0.352 e. The molecule has 0 amide bonds. The van der Waals surface area contributed by atoms with Crippen molar-refractivity contribution in [2.24, 2.45) is 0 Å². The van der Waals surface area contributed by atoms with Gasteiger partial charge in [-0.05, 0) is 24.6 Å². The lowest BCUT2D eigenvalue weighted by molar-refractivity contribution is 1.04. The molecule has 1 aliphatic heterocycles. The van der Waals surface area contributed by atoms with Crippen LogP contribution in [0.4, 0.5) is 5.95 Å². The highest BCUT2D eigenvalue weighted by Crippen LogP contribution is 2.23. The Balaban J connectivity index is 2.37. The number of hydrogen-bond donors (Lipinski definition) is 1. The van der Waals surface area contributed by atoms with E-state index in [0.29, 0.717) is 0 Å². The summed E-state index contributed by atoms with van der Waals surface area (Å²) in [7, 11) is 0. The number of anilines is 1. The Morgan fingerprint density at radius 1 is 1.36 bits per heavy atom. The van der Waals surface area contributed by atoms with Crippen molar-refractivity contribution in [3.8, 4) is 0 Å². The van der Waals surface area contributed by atoms with Gasteiger partial charge >= 0.3 is 0 Å². The number of rotatable bonds is 0. The minimum Gasteiger partial charge on any atom is -0.352 e. The van der Waals surface area contributed by atoms with Crippen LogP contribution in [0.3, 0.4) is 0 Å². The van der Waals surface area contributed by atoms with Gasteiger partial charge in [-0.1, -0.05) is 12.1 Å². The first-order valence-electron chi connectivity index (χ1n) is 4.73. The monoisotopic (exact) mass is 185 g/mol. The zero-order valence-electron chi connectivity index (χ0n) is 7.99. The third-order valence-electron chi connectivity index (χ3n) is 2.47. The first kappa shape index (κ1) is 7.62. The van der Waals surface area contributed by atoms with E-state index in [1.165, 1.54) is 5.57 Å². The van der Waals surface area contributed by atoms with Gasteiger partial charge in [0.05, 0.1) is 11.0 Å². The van der Waals surface area contributed by atoms with E-state index in [-0.39, 0.29) is 0 Å². The summed E-state index contributed by atoms with van der Waals surface area (Å²) in [5, 5.41) is 3.29. The van der Waals surface area contributed by atoms with Gasteiger partial charge in [0, 0.05) is 12.7 Å². The summed E-state index contributed by atoms with van der Waals surface area (Å²) in [6, 6.07) is 8.17. The molecule has 0 saturated heterocycles. The van der Waals surface area contributed by atoms with Crippen LogP contribution in [0, 0.1) is 0 Å². The lowest BCUT2D eigenvalue weighted by Gasteiger charge is -2.13. The van der Waals surface area contributed by atoms with E-state index >= 15 is 0 Å². The van der Waals surface area contributed by atoms with Crippen LogP contribution in [0.25, 0.3) is 17.2 Å². The van der Waals surface area contributed by atoms with Crippen molar-refractivity contribution >= 4 is 23.2 Å². The average Bonchev–Trinajstić information content (AvgIpc) is 2.56. The third-order valence-corrected chi connectivity index (χ3v) is 2.47. The van der Waals surface area contributed by atoms with Crippen molar-refractivity contribution in [2.45, 2.75) is 6.92 Å². The van der Waals surface area contributed by atoms with Crippen molar-refractivity contribution < 1.29 is 0 Å². The van der Waals surface area contributed by atoms with Crippen molar-refractivity contribution in [1.29, 1.82) is 0 Å². The molecule has 3 nitrogen and oxygen atoms in total. The van der Waals surface area contributed by atoms with E-state index < -0.39 is 0 Å². The van der Waals surface area contributed by atoms with Crippen LogP contribution in [0.2, 0.25) is 0 Å². The summed E-state index contributed by atoms with van der Waals surface area (Å²) in [4.78, 5) is 4.49. The zero-order chi connectivity index (χ0) is 9.54. The summed E-state index contributed by atoms with van der Waals surface area (Å²) in [5.41, 5.74) is 3.52. The molecule has 0 spiro atoms. The molecular formula is C11H11N3. The van der Waals surface area contributed by atoms with Crippen LogP contribution in [0.1, 0.15) is 6.92 Å². The molecule has 0 saturated carbocycles. The Morgan fingerprint density at radius 3 is 3.14 bits per heavy atom. The van der Waals surface area contributed by atoms with E-state index in [2.05, 4.69) is 34.1 Å². The lowest BCUT2D eigenvalue weighted by atomic mass is 10.3. The molecule has 3 heteroatoms. The number of aromatic nitrogens is 2. The van der Waals surface area contributed by atoms with Gasteiger partial charge in [0.25, 0.3) is 0 Å². The summed E-state index contributed by atoms with van der Waals surface area (Å²) >= 11 is 0. The molecule has 0 bridgehead atoms. The van der Waals surface area contributed by atoms with Crippen LogP contribution >= 0.6 is 0 Å². The predicted molar refractivity (Wildman–Crippen MR) is 58.2 cm³/mol. The standard InChI is InChI=1S/C11H11N3/c1-8-6-12-11-13-9-4-2-3-5-10(9)14(11)7-8/h2-5,7H,6H2,1H3,(H,12,13). The number of imidazole rings is 1. The van der Waals surface area contributed by atoms with Gasteiger partial charge < -0.3 is 5.32 Å². The fraction of sp³-hybridized carbons (Fsp3) is 0.182. The molecule has 0 aliphatic carbocycles. The Morgan fingerprint density at radius 2 is 2.21 bits per heavy atom. The first-order chi connectivity index (χ1) is 6.84. The Hall–Kier alpha value is -1.77. The summed E-state index contributed by atoms with van der Waals surface area (Å²) < 4.78 is 2.11. The maximum absolute atomic E-state index is 4.49. The molecule has 0 atom stereocenters. The molecule has 14 heavy (non-hydrogen) atoms. The molecule has 2 heterocycles. The van der Waals surface area contributed by atoms with E-state index in [9.17, 15) is 0 Å². The molecule has 3 rings (SSSR count). The van der Waals surface area contributed by atoms with Gasteiger partial charge in [0.15, 0.2) is 0 Å². The number of para-hydroxylation sites is 2. The van der Waals surface area contributed by atoms with Crippen molar-refractivity contribution in [3.05, 3.63) is 29.8 Å². The minimum absolute atomic E-state index is 0.892. The molecule has 1 aromatic carbocycles. The average molecular weight is 185 g/mol. The Bertz CT molecular complexity index is 522. The number of nitrogens with one attached hydrogen (secondary N) is 1. The fourth-order valence-corrected chi connectivity index (χ4v) is 1.78. The number of fused-ring (bicyclic) bond motifs is 3. The van der Waals surface area contributed by atoms with Gasteiger partial charge in [-0.15, -0.1) is 0 Å². The van der Waals surface area contributed by atoms with Crippen LogP contribution in [0.15, 0.2) is 29.8 Å². The van der Waals surface area contributed by atoms with Crippen LogP contribution in [-0.4, -0.2) is 16.1 Å². The van der Waals surface area contributed by atoms with Gasteiger partial charge in [-0.2, -0.15) is 0 Å². The molecule has 1 N–H and O–H groups in total. The van der Waals surface area contributed by atoms with Crippen molar-refractivity contribution in [3.63, 3.8) is 0 Å². The highest BCUT2D eigenvalue weighted by atomic mass is 15.2. The van der Waals surface area contributed by atoms with Gasteiger partial charge in [-0.3, -0.25) is 4.57 Å². The van der Waals surface area contributed by atoms with Crippen LogP contribution < -0.4 is 5.32 Å². The van der Waals surface area contributed by atoms with Crippen LogP contribution in [-0.2, 0) is 0 Å².